The second-order valence-electron chi connectivity index (χ2n) is 6.22. The zero-order valence-corrected chi connectivity index (χ0v) is 15.3. The Kier molecular flexibility index (Phi) is 5.32. The standard InChI is InChI=1S/C22H22N2O2/c1-16-13-17(2)24(23-16)15-20-14-18(10-12-22(20)26-3)9-11-21(25)19-7-5-4-6-8-19/h4-14H,15H2,1-3H3. The van der Waals surface area contributed by atoms with Crippen LogP contribution in [0.3, 0.4) is 0 Å². The van der Waals surface area contributed by atoms with E-state index in [1.807, 2.05) is 73.1 Å². The van der Waals surface area contributed by atoms with Gasteiger partial charge < -0.3 is 4.74 Å². The number of methoxy groups -OCH3 is 1. The van der Waals surface area contributed by atoms with E-state index < -0.39 is 0 Å². The van der Waals surface area contributed by atoms with Gasteiger partial charge in [-0.3, -0.25) is 9.48 Å². The van der Waals surface area contributed by atoms with E-state index in [0.29, 0.717) is 12.1 Å². The van der Waals surface area contributed by atoms with Crippen LogP contribution in [0.4, 0.5) is 0 Å². The van der Waals surface area contributed by atoms with Gasteiger partial charge in [-0.2, -0.15) is 5.10 Å². The molecule has 4 nitrogen and oxygen atoms in total. The summed E-state index contributed by atoms with van der Waals surface area (Å²) in [6, 6.07) is 17.2. The lowest BCUT2D eigenvalue weighted by Crippen LogP contribution is -2.05. The molecule has 1 aromatic heterocycles. The SMILES string of the molecule is COc1ccc(C=CC(=O)c2ccccc2)cc1Cn1nc(C)cc1C. The molecule has 0 aliphatic rings. The van der Waals surface area contributed by atoms with Gasteiger partial charge in [-0.25, -0.2) is 0 Å². The summed E-state index contributed by atoms with van der Waals surface area (Å²) < 4.78 is 7.44. The van der Waals surface area contributed by atoms with Crippen molar-refractivity contribution < 1.29 is 9.53 Å². The fourth-order valence-corrected chi connectivity index (χ4v) is 2.89. The van der Waals surface area contributed by atoms with E-state index in [0.717, 1.165) is 28.3 Å². The Morgan fingerprint density at radius 1 is 1.12 bits per heavy atom. The summed E-state index contributed by atoms with van der Waals surface area (Å²) in [5, 5.41) is 4.51. The summed E-state index contributed by atoms with van der Waals surface area (Å²) in [5.41, 5.74) is 4.75. The molecule has 2 aromatic carbocycles. The van der Waals surface area contributed by atoms with E-state index in [1.54, 1.807) is 13.2 Å². The Hall–Kier alpha value is -3.14. The van der Waals surface area contributed by atoms with E-state index in [1.165, 1.54) is 0 Å². The first-order valence-corrected chi connectivity index (χ1v) is 8.52. The highest BCUT2D eigenvalue weighted by Gasteiger charge is 2.08. The number of benzene rings is 2. The lowest BCUT2D eigenvalue weighted by molar-refractivity contribution is 0.104. The number of rotatable bonds is 6. The summed E-state index contributed by atoms with van der Waals surface area (Å²) in [7, 11) is 1.66. The molecule has 0 unspecified atom stereocenters. The molecule has 0 amide bonds. The normalized spacial score (nSPS) is 11.0. The maximum absolute atomic E-state index is 12.2. The fourth-order valence-electron chi connectivity index (χ4n) is 2.89. The van der Waals surface area contributed by atoms with Crippen molar-refractivity contribution >= 4 is 11.9 Å². The number of aryl methyl sites for hydroxylation is 2. The Balaban J connectivity index is 1.84. The molecule has 0 aliphatic carbocycles. The van der Waals surface area contributed by atoms with Crippen molar-refractivity contribution in [1.82, 2.24) is 9.78 Å². The molecule has 0 fully saturated rings. The zero-order valence-electron chi connectivity index (χ0n) is 15.3. The summed E-state index contributed by atoms with van der Waals surface area (Å²) in [4.78, 5) is 12.2. The van der Waals surface area contributed by atoms with Gasteiger partial charge in [0.15, 0.2) is 5.78 Å². The summed E-state index contributed by atoms with van der Waals surface area (Å²) in [6.45, 7) is 4.64. The van der Waals surface area contributed by atoms with Gasteiger partial charge in [-0.1, -0.05) is 42.5 Å². The number of hydrogen-bond donors (Lipinski definition) is 0. The van der Waals surface area contributed by atoms with Crippen LogP contribution in [0.15, 0.2) is 60.7 Å². The third kappa shape index (κ3) is 4.09. The van der Waals surface area contributed by atoms with Crippen LogP contribution in [0.5, 0.6) is 5.75 Å². The molecule has 0 atom stereocenters. The third-order valence-electron chi connectivity index (χ3n) is 4.21. The topological polar surface area (TPSA) is 44.1 Å². The first kappa shape index (κ1) is 17.7. The van der Waals surface area contributed by atoms with Gasteiger partial charge in [-0.15, -0.1) is 0 Å². The summed E-state index contributed by atoms with van der Waals surface area (Å²) in [5.74, 6) is 0.797. The van der Waals surface area contributed by atoms with E-state index in [2.05, 4.69) is 11.2 Å². The first-order chi connectivity index (χ1) is 12.6. The molecule has 0 N–H and O–H groups in total. The second-order valence-corrected chi connectivity index (χ2v) is 6.22. The van der Waals surface area contributed by atoms with Crippen molar-refractivity contribution in [2.75, 3.05) is 7.11 Å². The lowest BCUT2D eigenvalue weighted by Gasteiger charge is -2.11. The molecule has 0 bridgehead atoms. The van der Waals surface area contributed by atoms with Crippen LogP contribution in [0.2, 0.25) is 0 Å². The Bertz CT molecular complexity index is 940. The first-order valence-electron chi connectivity index (χ1n) is 8.52. The highest BCUT2D eigenvalue weighted by atomic mass is 16.5. The fraction of sp³-hybridized carbons (Fsp3) is 0.182. The zero-order chi connectivity index (χ0) is 18.5. The van der Waals surface area contributed by atoms with Crippen molar-refractivity contribution in [3.05, 3.63) is 88.8 Å². The van der Waals surface area contributed by atoms with Crippen LogP contribution in [-0.2, 0) is 6.54 Å². The van der Waals surface area contributed by atoms with Gasteiger partial charge in [0, 0.05) is 16.8 Å². The van der Waals surface area contributed by atoms with Gasteiger partial charge in [-0.05, 0) is 43.7 Å². The molecular formula is C22H22N2O2. The highest BCUT2D eigenvalue weighted by molar-refractivity contribution is 6.06. The number of hydrogen-bond acceptors (Lipinski definition) is 3. The molecule has 0 spiro atoms. The molecule has 26 heavy (non-hydrogen) atoms. The van der Waals surface area contributed by atoms with E-state index in [-0.39, 0.29) is 5.78 Å². The average Bonchev–Trinajstić information content (AvgIpc) is 2.97. The predicted octanol–water partition coefficient (Wildman–Crippen LogP) is 4.45. The lowest BCUT2D eigenvalue weighted by atomic mass is 10.1. The molecule has 132 valence electrons. The smallest absolute Gasteiger partial charge is 0.185 e. The summed E-state index contributed by atoms with van der Waals surface area (Å²) in [6.07, 6.45) is 3.43. The molecule has 3 aromatic rings. The monoisotopic (exact) mass is 346 g/mol. The van der Waals surface area contributed by atoms with Gasteiger partial charge in [0.2, 0.25) is 0 Å². The van der Waals surface area contributed by atoms with Crippen LogP contribution in [-0.4, -0.2) is 22.7 Å². The molecule has 3 rings (SSSR count). The third-order valence-corrected chi connectivity index (χ3v) is 4.21. The van der Waals surface area contributed by atoms with Crippen LogP contribution in [0.25, 0.3) is 6.08 Å². The molecule has 4 heteroatoms. The number of nitrogens with zero attached hydrogens (tertiary/aromatic N) is 2. The predicted molar refractivity (Wildman–Crippen MR) is 104 cm³/mol. The van der Waals surface area contributed by atoms with Crippen LogP contribution >= 0.6 is 0 Å². The van der Waals surface area contributed by atoms with E-state index in [4.69, 9.17) is 4.74 Å². The van der Waals surface area contributed by atoms with Crippen molar-refractivity contribution in [3.63, 3.8) is 0 Å². The van der Waals surface area contributed by atoms with Crippen molar-refractivity contribution in [2.24, 2.45) is 0 Å². The van der Waals surface area contributed by atoms with Crippen molar-refractivity contribution in [3.8, 4) is 5.75 Å². The molecule has 0 saturated heterocycles. The highest BCUT2D eigenvalue weighted by Crippen LogP contribution is 2.22. The number of aromatic nitrogens is 2. The molecule has 0 aliphatic heterocycles. The number of allylic oxidation sites excluding steroid dienone is 1. The largest absolute Gasteiger partial charge is 0.496 e. The second kappa shape index (κ2) is 7.83. The minimum absolute atomic E-state index is 0.0125. The maximum atomic E-state index is 12.2. The van der Waals surface area contributed by atoms with E-state index >= 15 is 0 Å². The van der Waals surface area contributed by atoms with Gasteiger partial charge in [0.25, 0.3) is 0 Å². The molecular weight excluding hydrogens is 324 g/mol. The van der Waals surface area contributed by atoms with Crippen molar-refractivity contribution in [1.29, 1.82) is 0 Å². The molecule has 0 saturated carbocycles. The van der Waals surface area contributed by atoms with Crippen LogP contribution < -0.4 is 4.74 Å². The minimum Gasteiger partial charge on any atom is -0.496 e. The number of carbonyl (C=O) groups is 1. The van der Waals surface area contributed by atoms with E-state index in [9.17, 15) is 4.79 Å². The Labute approximate surface area is 153 Å². The van der Waals surface area contributed by atoms with Gasteiger partial charge in [0.1, 0.15) is 5.75 Å². The number of ketones is 1. The Morgan fingerprint density at radius 2 is 1.88 bits per heavy atom. The molecule has 1 heterocycles. The van der Waals surface area contributed by atoms with Crippen LogP contribution in [0, 0.1) is 13.8 Å². The van der Waals surface area contributed by atoms with Crippen molar-refractivity contribution in [2.45, 2.75) is 20.4 Å². The average molecular weight is 346 g/mol. The maximum Gasteiger partial charge on any atom is 0.185 e. The van der Waals surface area contributed by atoms with Gasteiger partial charge in [0.05, 0.1) is 19.3 Å². The minimum atomic E-state index is -0.0125. The van der Waals surface area contributed by atoms with Gasteiger partial charge >= 0.3 is 0 Å². The number of ether oxygens (including phenoxy) is 1. The number of carbonyl (C=O) groups excluding carboxylic acids is 1. The quantitative estimate of drug-likeness (QED) is 0.489. The summed E-state index contributed by atoms with van der Waals surface area (Å²) >= 11 is 0. The van der Waals surface area contributed by atoms with Crippen LogP contribution in [0.1, 0.15) is 32.9 Å². The Morgan fingerprint density at radius 3 is 2.54 bits per heavy atom. The molecule has 0 radical (unpaired) electrons.